The van der Waals surface area contributed by atoms with Gasteiger partial charge in [0.25, 0.3) is 0 Å². The molecule has 0 fully saturated rings. The topological polar surface area (TPSA) is 51.8 Å². The lowest BCUT2D eigenvalue weighted by Crippen LogP contribution is -2.03. The maximum absolute atomic E-state index is 6.64. The Morgan fingerprint density at radius 1 is 0.288 bits per heavy atom. The molecule has 0 radical (unpaired) electrons. The van der Waals surface area contributed by atoms with Crippen molar-refractivity contribution in [2.75, 3.05) is 0 Å². The molecule has 0 amide bonds. The summed E-state index contributed by atoms with van der Waals surface area (Å²) in [6.45, 7) is 0. The molecule has 12 aromatic rings. The highest BCUT2D eigenvalue weighted by Gasteiger charge is 2.24. The standard InChI is InChI=1S/C55H33N3O/c1-2-17-38-33-39(28-27-34(38)13-1)43-31-29-36-15-4-7-20-41(36)50(43)54-56-53(48-25-12-24-47-45-22-9-10-26-49(45)59-52(47)48)57-55(58-54)51-42-21-8-5-16-37(42)30-32-46(51)44-23-11-18-35-14-3-6-19-40(35)44/h1-33H. The molecule has 0 unspecified atom stereocenters. The quantitative estimate of drug-likeness (QED) is 0.176. The molecule has 0 atom stereocenters. The van der Waals surface area contributed by atoms with Crippen molar-refractivity contribution in [2.24, 2.45) is 0 Å². The second-order valence-corrected chi connectivity index (χ2v) is 15.1. The molecule has 4 heteroatoms. The monoisotopic (exact) mass is 751 g/mol. The number of para-hydroxylation sites is 2. The van der Waals surface area contributed by atoms with Gasteiger partial charge in [0.2, 0.25) is 0 Å². The third-order valence-electron chi connectivity index (χ3n) is 11.7. The van der Waals surface area contributed by atoms with E-state index in [9.17, 15) is 0 Å². The van der Waals surface area contributed by atoms with Gasteiger partial charge in [-0.25, -0.2) is 15.0 Å². The van der Waals surface area contributed by atoms with E-state index in [0.717, 1.165) is 82.4 Å². The van der Waals surface area contributed by atoms with E-state index in [1.807, 2.05) is 18.2 Å². The molecular weight excluding hydrogens is 719 g/mol. The number of benzene rings is 10. The van der Waals surface area contributed by atoms with E-state index in [-0.39, 0.29) is 0 Å². The Labute approximate surface area is 339 Å². The smallest absolute Gasteiger partial charge is 0.167 e. The fourth-order valence-electron chi connectivity index (χ4n) is 8.95. The third-order valence-corrected chi connectivity index (χ3v) is 11.7. The normalized spacial score (nSPS) is 11.7. The van der Waals surface area contributed by atoms with Gasteiger partial charge in [-0.2, -0.15) is 0 Å². The molecule has 0 N–H and O–H groups in total. The van der Waals surface area contributed by atoms with Gasteiger partial charge in [0.15, 0.2) is 17.5 Å². The molecule has 2 aromatic heterocycles. The summed E-state index contributed by atoms with van der Waals surface area (Å²) < 4.78 is 6.64. The molecule has 10 aromatic carbocycles. The molecule has 274 valence electrons. The van der Waals surface area contributed by atoms with E-state index >= 15 is 0 Å². The van der Waals surface area contributed by atoms with Crippen LogP contribution in [-0.2, 0) is 0 Å². The number of fused-ring (bicyclic) bond motifs is 7. The highest BCUT2D eigenvalue weighted by molar-refractivity contribution is 6.11. The number of nitrogens with zero attached hydrogens (tertiary/aromatic N) is 3. The summed E-state index contributed by atoms with van der Waals surface area (Å²) in [6.07, 6.45) is 0. The van der Waals surface area contributed by atoms with E-state index in [2.05, 4.69) is 182 Å². The average Bonchev–Trinajstić information content (AvgIpc) is 3.69. The summed E-state index contributed by atoms with van der Waals surface area (Å²) in [5.74, 6) is 1.73. The first-order chi connectivity index (χ1) is 29.2. The van der Waals surface area contributed by atoms with Crippen LogP contribution in [0, 0.1) is 0 Å². The Hall–Kier alpha value is -7.95. The maximum Gasteiger partial charge on any atom is 0.167 e. The number of hydrogen-bond donors (Lipinski definition) is 0. The molecule has 0 aliphatic heterocycles. The molecule has 0 spiro atoms. The Morgan fingerprint density at radius 2 is 0.780 bits per heavy atom. The Kier molecular flexibility index (Phi) is 7.50. The first-order valence-corrected chi connectivity index (χ1v) is 19.9. The van der Waals surface area contributed by atoms with Crippen LogP contribution in [0.15, 0.2) is 205 Å². The highest BCUT2D eigenvalue weighted by atomic mass is 16.3. The molecule has 4 nitrogen and oxygen atoms in total. The minimum absolute atomic E-state index is 0.545. The lowest BCUT2D eigenvalue weighted by atomic mass is 9.90. The van der Waals surface area contributed by atoms with Crippen molar-refractivity contribution >= 4 is 65.0 Å². The molecule has 12 rings (SSSR count). The molecule has 0 aliphatic rings. The van der Waals surface area contributed by atoms with E-state index in [1.165, 1.54) is 21.5 Å². The van der Waals surface area contributed by atoms with Crippen molar-refractivity contribution in [3.63, 3.8) is 0 Å². The van der Waals surface area contributed by atoms with Crippen LogP contribution in [0.5, 0.6) is 0 Å². The minimum atomic E-state index is 0.545. The fourth-order valence-corrected chi connectivity index (χ4v) is 8.95. The number of furan rings is 1. The first kappa shape index (κ1) is 33.2. The SMILES string of the molecule is c1ccc2cc(-c3ccc4ccccc4c3-c3nc(-c4c(-c5cccc6ccccc56)ccc5ccccc45)nc(-c4cccc5c4oc4ccccc45)n3)ccc2c1. The van der Waals surface area contributed by atoms with Crippen molar-refractivity contribution in [2.45, 2.75) is 0 Å². The summed E-state index contributed by atoms with van der Waals surface area (Å²) in [4.78, 5) is 16.5. The van der Waals surface area contributed by atoms with Gasteiger partial charge in [-0.05, 0) is 83.5 Å². The van der Waals surface area contributed by atoms with E-state index in [0.29, 0.717) is 17.5 Å². The van der Waals surface area contributed by atoms with E-state index in [1.54, 1.807) is 0 Å². The van der Waals surface area contributed by atoms with E-state index < -0.39 is 0 Å². The average molecular weight is 752 g/mol. The molecule has 2 heterocycles. The Morgan fingerprint density at radius 3 is 1.53 bits per heavy atom. The van der Waals surface area contributed by atoms with Crippen molar-refractivity contribution in [3.8, 4) is 56.4 Å². The summed E-state index contributed by atoms with van der Waals surface area (Å²) in [5, 5.41) is 11.1. The van der Waals surface area contributed by atoms with Crippen LogP contribution in [0.4, 0.5) is 0 Å². The van der Waals surface area contributed by atoms with Gasteiger partial charge in [-0.3, -0.25) is 0 Å². The number of hydrogen-bond acceptors (Lipinski definition) is 4. The van der Waals surface area contributed by atoms with Crippen LogP contribution < -0.4 is 0 Å². The minimum Gasteiger partial charge on any atom is -0.455 e. The zero-order valence-electron chi connectivity index (χ0n) is 31.8. The predicted molar refractivity (Wildman–Crippen MR) is 244 cm³/mol. The fraction of sp³-hybridized carbons (Fsp3) is 0. The molecular formula is C55H33N3O. The van der Waals surface area contributed by atoms with Gasteiger partial charge in [0, 0.05) is 21.9 Å². The zero-order valence-corrected chi connectivity index (χ0v) is 31.8. The highest BCUT2D eigenvalue weighted by Crippen LogP contribution is 2.44. The van der Waals surface area contributed by atoms with Gasteiger partial charge in [-0.15, -0.1) is 0 Å². The summed E-state index contributed by atoms with van der Waals surface area (Å²) in [7, 11) is 0. The summed E-state index contributed by atoms with van der Waals surface area (Å²) in [5.41, 5.74) is 8.59. The molecule has 0 saturated heterocycles. The summed E-state index contributed by atoms with van der Waals surface area (Å²) in [6, 6.07) is 70.5. The zero-order chi connectivity index (χ0) is 38.9. The van der Waals surface area contributed by atoms with Crippen LogP contribution in [-0.4, -0.2) is 15.0 Å². The lowest BCUT2D eigenvalue weighted by Gasteiger charge is -2.18. The lowest BCUT2D eigenvalue weighted by molar-refractivity contribution is 0.669. The van der Waals surface area contributed by atoms with Crippen LogP contribution in [0.25, 0.3) is 121 Å². The van der Waals surface area contributed by atoms with Crippen LogP contribution in [0.2, 0.25) is 0 Å². The molecule has 59 heavy (non-hydrogen) atoms. The van der Waals surface area contributed by atoms with Crippen molar-refractivity contribution < 1.29 is 4.42 Å². The van der Waals surface area contributed by atoms with E-state index in [4.69, 9.17) is 19.4 Å². The van der Waals surface area contributed by atoms with Crippen LogP contribution in [0.3, 0.4) is 0 Å². The number of aromatic nitrogens is 3. The van der Waals surface area contributed by atoms with Crippen molar-refractivity contribution in [1.29, 1.82) is 0 Å². The second kappa shape index (κ2) is 13.3. The van der Waals surface area contributed by atoms with Gasteiger partial charge in [0.05, 0.1) is 5.56 Å². The summed E-state index contributed by atoms with van der Waals surface area (Å²) >= 11 is 0. The second-order valence-electron chi connectivity index (χ2n) is 15.1. The van der Waals surface area contributed by atoms with Gasteiger partial charge in [0.1, 0.15) is 11.2 Å². The van der Waals surface area contributed by atoms with Crippen molar-refractivity contribution in [1.82, 2.24) is 15.0 Å². The molecule has 0 bridgehead atoms. The largest absolute Gasteiger partial charge is 0.455 e. The Bertz CT molecular complexity index is 3630. The van der Waals surface area contributed by atoms with Crippen LogP contribution in [0.1, 0.15) is 0 Å². The predicted octanol–water partition coefficient (Wildman–Crippen LogP) is 14.7. The maximum atomic E-state index is 6.64. The first-order valence-electron chi connectivity index (χ1n) is 19.9. The third kappa shape index (κ3) is 5.42. The van der Waals surface area contributed by atoms with Crippen molar-refractivity contribution in [3.05, 3.63) is 200 Å². The van der Waals surface area contributed by atoms with Gasteiger partial charge in [-0.1, -0.05) is 182 Å². The number of rotatable bonds is 5. The molecule has 0 saturated carbocycles. The van der Waals surface area contributed by atoms with Gasteiger partial charge >= 0.3 is 0 Å². The van der Waals surface area contributed by atoms with Gasteiger partial charge < -0.3 is 4.42 Å². The molecule has 0 aliphatic carbocycles. The Balaban J connectivity index is 1.21. The van der Waals surface area contributed by atoms with Crippen LogP contribution >= 0.6 is 0 Å².